The monoisotopic (exact) mass is 328 g/mol. The van der Waals surface area contributed by atoms with Crippen molar-refractivity contribution in [2.45, 2.75) is 38.5 Å². The van der Waals surface area contributed by atoms with Crippen LogP contribution in [0.15, 0.2) is 18.2 Å². The van der Waals surface area contributed by atoms with Crippen LogP contribution in [0.3, 0.4) is 0 Å². The minimum atomic E-state index is -0.830. The summed E-state index contributed by atoms with van der Waals surface area (Å²) in [6.07, 6.45) is 5.29. The van der Waals surface area contributed by atoms with Crippen molar-refractivity contribution in [3.8, 4) is 0 Å². The van der Waals surface area contributed by atoms with Gasteiger partial charge in [0.25, 0.3) is 0 Å². The molecule has 0 unspecified atom stereocenters. The Kier molecular flexibility index (Phi) is 5.17. The molecule has 1 fully saturated rings. The van der Waals surface area contributed by atoms with Crippen LogP contribution in [0.4, 0.5) is 10.1 Å². The van der Waals surface area contributed by atoms with E-state index in [9.17, 15) is 9.18 Å². The molecule has 1 aliphatic carbocycles. The Balaban J connectivity index is 2.24. The zero-order chi connectivity index (χ0) is 15.5. The highest BCUT2D eigenvalue weighted by molar-refractivity contribution is 7.80. The number of carbonyl (C=O) groups excluding carboxylic acids is 1. The maximum absolute atomic E-state index is 13.1. The van der Waals surface area contributed by atoms with Gasteiger partial charge >= 0.3 is 0 Å². The third-order valence-corrected chi connectivity index (χ3v) is 4.75. The summed E-state index contributed by atoms with van der Waals surface area (Å²) in [5.74, 6) is -0.693. The number of thiocarbonyl (C=S) groups is 1. The lowest BCUT2D eigenvalue weighted by atomic mass is 9.79. The van der Waals surface area contributed by atoms with Gasteiger partial charge in [0.2, 0.25) is 5.91 Å². The molecule has 0 radical (unpaired) electrons. The second-order valence-electron chi connectivity index (χ2n) is 5.44. The molecule has 1 aromatic carbocycles. The Bertz CT molecular complexity index is 557. The van der Waals surface area contributed by atoms with Gasteiger partial charge in [-0.2, -0.15) is 0 Å². The van der Waals surface area contributed by atoms with Gasteiger partial charge in [0.05, 0.1) is 21.1 Å². The minimum absolute atomic E-state index is 0.162. The minimum Gasteiger partial charge on any atom is -0.392 e. The average molecular weight is 329 g/mol. The van der Waals surface area contributed by atoms with Crippen LogP contribution in [0, 0.1) is 11.2 Å². The van der Waals surface area contributed by atoms with Crippen LogP contribution < -0.4 is 11.1 Å². The molecule has 3 nitrogen and oxygen atoms in total. The maximum atomic E-state index is 13.1. The predicted octanol–water partition coefficient (Wildman–Crippen LogP) is 4.04. The predicted molar refractivity (Wildman–Crippen MR) is 87.0 cm³/mol. The lowest BCUT2D eigenvalue weighted by Crippen LogP contribution is -2.45. The molecule has 1 aromatic rings. The molecule has 1 saturated carbocycles. The van der Waals surface area contributed by atoms with Crippen molar-refractivity contribution in [3.05, 3.63) is 29.0 Å². The quantitative estimate of drug-likeness (QED) is 0.650. The van der Waals surface area contributed by atoms with Gasteiger partial charge in [-0.15, -0.1) is 0 Å². The summed E-state index contributed by atoms with van der Waals surface area (Å²) in [5, 5.41) is 2.91. The fourth-order valence-electron chi connectivity index (χ4n) is 2.75. The number of nitrogens with two attached hydrogens (primary N) is 1. The molecule has 1 amide bonds. The van der Waals surface area contributed by atoms with E-state index in [4.69, 9.17) is 29.6 Å². The van der Waals surface area contributed by atoms with E-state index in [1.54, 1.807) is 0 Å². The van der Waals surface area contributed by atoms with Gasteiger partial charge in [-0.25, -0.2) is 4.39 Å². The molecule has 0 bridgehead atoms. The van der Waals surface area contributed by atoms with Crippen LogP contribution in [-0.4, -0.2) is 10.9 Å². The second kappa shape index (κ2) is 6.71. The van der Waals surface area contributed by atoms with Gasteiger partial charge in [0, 0.05) is 0 Å². The van der Waals surface area contributed by atoms with Crippen LogP contribution >= 0.6 is 23.8 Å². The molecule has 114 valence electrons. The van der Waals surface area contributed by atoms with Crippen molar-refractivity contribution in [3.63, 3.8) is 0 Å². The highest BCUT2D eigenvalue weighted by atomic mass is 35.5. The fourth-order valence-corrected chi connectivity index (χ4v) is 3.26. The highest BCUT2D eigenvalue weighted by Gasteiger charge is 2.41. The lowest BCUT2D eigenvalue weighted by Gasteiger charge is -2.30. The van der Waals surface area contributed by atoms with E-state index in [1.807, 2.05) is 0 Å². The van der Waals surface area contributed by atoms with E-state index in [1.165, 1.54) is 12.1 Å². The van der Waals surface area contributed by atoms with E-state index in [0.29, 0.717) is 18.5 Å². The second-order valence-corrected chi connectivity index (χ2v) is 6.29. The summed E-state index contributed by atoms with van der Waals surface area (Å²) in [6, 6.07) is 3.86. The maximum Gasteiger partial charge on any atom is 0.237 e. The van der Waals surface area contributed by atoms with E-state index in [2.05, 4.69) is 5.32 Å². The molecule has 21 heavy (non-hydrogen) atoms. The Labute approximate surface area is 134 Å². The third-order valence-electron chi connectivity index (χ3n) is 4.04. The fraction of sp³-hybridized carbons (Fsp3) is 0.467. The van der Waals surface area contributed by atoms with Crippen LogP contribution in [0.5, 0.6) is 0 Å². The molecule has 1 aliphatic rings. The SMILES string of the molecule is NC(=S)C1(C(=O)Nc2ccc(F)cc2Cl)CCCCCC1. The third kappa shape index (κ3) is 3.52. The van der Waals surface area contributed by atoms with Crippen molar-refractivity contribution in [1.82, 2.24) is 0 Å². The number of anilines is 1. The first-order valence-corrected chi connectivity index (χ1v) is 7.81. The molecule has 0 heterocycles. The number of carbonyl (C=O) groups is 1. The lowest BCUT2D eigenvalue weighted by molar-refractivity contribution is -0.122. The van der Waals surface area contributed by atoms with Crippen molar-refractivity contribution in [2.24, 2.45) is 11.1 Å². The Morgan fingerprint density at radius 3 is 2.43 bits per heavy atom. The normalized spacial score (nSPS) is 17.8. The van der Waals surface area contributed by atoms with E-state index >= 15 is 0 Å². The van der Waals surface area contributed by atoms with Crippen LogP contribution in [0.1, 0.15) is 38.5 Å². The molecule has 0 saturated heterocycles. The van der Waals surface area contributed by atoms with Gasteiger partial charge in [0.15, 0.2) is 0 Å². The number of nitrogens with one attached hydrogen (secondary N) is 1. The largest absolute Gasteiger partial charge is 0.392 e. The molecule has 3 N–H and O–H groups in total. The van der Waals surface area contributed by atoms with Crippen molar-refractivity contribution in [1.29, 1.82) is 0 Å². The number of hydrogen-bond donors (Lipinski definition) is 2. The van der Waals surface area contributed by atoms with Crippen LogP contribution in [0.25, 0.3) is 0 Å². The average Bonchev–Trinajstić information content (AvgIpc) is 2.68. The summed E-state index contributed by atoms with van der Waals surface area (Å²) in [4.78, 5) is 12.9. The van der Waals surface area contributed by atoms with Crippen LogP contribution in [-0.2, 0) is 4.79 Å². The van der Waals surface area contributed by atoms with E-state index in [0.717, 1.165) is 31.7 Å². The van der Waals surface area contributed by atoms with Crippen molar-refractivity contribution < 1.29 is 9.18 Å². The molecule has 0 atom stereocenters. The zero-order valence-electron chi connectivity index (χ0n) is 11.6. The molecule has 6 heteroatoms. The van der Waals surface area contributed by atoms with Crippen molar-refractivity contribution >= 4 is 40.4 Å². The summed E-state index contributed by atoms with van der Waals surface area (Å²) in [5.41, 5.74) is 5.41. The molecule has 0 aromatic heterocycles. The smallest absolute Gasteiger partial charge is 0.237 e. The van der Waals surface area contributed by atoms with E-state index < -0.39 is 11.2 Å². The molecular weight excluding hydrogens is 311 g/mol. The highest BCUT2D eigenvalue weighted by Crippen LogP contribution is 2.37. The number of rotatable bonds is 3. The van der Waals surface area contributed by atoms with Gasteiger partial charge in [-0.3, -0.25) is 4.79 Å². The number of halogens is 2. The summed E-state index contributed by atoms with van der Waals surface area (Å²) in [7, 11) is 0. The van der Waals surface area contributed by atoms with Gasteiger partial charge in [-0.05, 0) is 31.0 Å². The first-order chi connectivity index (χ1) is 9.95. The summed E-state index contributed by atoms with van der Waals surface area (Å²) < 4.78 is 13.1. The number of hydrogen-bond acceptors (Lipinski definition) is 2. The van der Waals surface area contributed by atoms with Gasteiger partial charge in [0.1, 0.15) is 5.82 Å². The number of amides is 1. The molecular formula is C15H18ClFN2OS. The zero-order valence-corrected chi connectivity index (χ0v) is 13.2. The topological polar surface area (TPSA) is 55.1 Å². The molecule has 0 aliphatic heterocycles. The van der Waals surface area contributed by atoms with Gasteiger partial charge < -0.3 is 11.1 Å². The Hall–Kier alpha value is -1.20. The molecule has 2 rings (SSSR count). The summed E-state index contributed by atoms with van der Waals surface area (Å²) >= 11 is 11.1. The standard InChI is InChI=1S/C15H18ClFN2OS/c16-11-9-10(17)5-6-12(11)19-14(20)15(13(18)21)7-3-1-2-4-8-15/h5-6,9H,1-4,7-8H2,(H2,18,21)(H,19,20). The summed E-state index contributed by atoms with van der Waals surface area (Å²) in [6.45, 7) is 0. The van der Waals surface area contributed by atoms with Crippen molar-refractivity contribution in [2.75, 3.05) is 5.32 Å². The van der Waals surface area contributed by atoms with Gasteiger partial charge in [-0.1, -0.05) is 49.5 Å². The number of benzene rings is 1. The molecule has 0 spiro atoms. The Morgan fingerprint density at radius 1 is 1.29 bits per heavy atom. The first kappa shape index (κ1) is 16.2. The first-order valence-electron chi connectivity index (χ1n) is 7.02. The van der Waals surface area contributed by atoms with Crippen LogP contribution in [0.2, 0.25) is 5.02 Å². The Morgan fingerprint density at radius 2 is 1.90 bits per heavy atom. The van der Waals surface area contributed by atoms with E-state index in [-0.39, 0.29) is 15.9 Å².